The summed E-state index contributed by atoms with van der Waals surface area (Å²) in [5, 5.41) is 2.99. The highest BCUT2D eigenvalue weighted by Gasteiger charge is 2.31. The highest BCUT2D eigenvalue weighted by Crippen LogP contribution is 2.35. The van der Waals surface area contributed by atoms with Crippen LogP contribution in [0, 0.1) is 5.92 Å². The van der Waals surface area contributed by atoms with Gasteiger partial charge in [-0.2, -0.15) is 15.0 Å². The van der Waals surface area contributed by atoms with Gasteiger partial charge in [-0.05, 0) is 25.7 Å². The van der Waals surface area contributed by atoms with E-state index in [1.54, 1.807) is 24.1 Å². The van der Waals surface area contributed by atoms with E-state index >= 15 is 0 Å². The molecule has 0 saturated heterocycles. The maximum Gasteiger partial charge on any atom is 0.241 e. The number of rotatable bonds is 5. The average Bonchev–Trinajstić information content (AvgIpc) is 3.19. The minimum Gasteiger partial charge on any atom is -0.357 e. The first kappa shape index (κ1) is 12.8. The van der Waals surface area contributed by atoms with E-state index in [4.69, 9.17) is 0 Å². The molecule has 106 valence electrons. The highest BCUT2D eigenvalue weighted by molar-refractivity contribution is 5.40. The molecule has 0 aliphatic heterocycles. The zero-order valence-corrected chi connectivity index (χ0v) is 12.0. The summed E-state index contributed by atoms with van der Waals surface area (Å²) in [4.78, 5) is 19.5. The summed E-state index contributed by atoms with van der Waals surface area (Å²) in [6.07, 6.45) is 7.80. The van der Waals surface area contributed by atoms with Crippen molar-refractivity contribution >= 4 is 11.9 Å². The molecule has 1 fully saturated rings. The van der Waals surface area contributed by atoms with Crippen molar-refractivity contribution in [2.75, 3.05) is 24.3 Å². The van der Waals surface area contributed by atoms with Crippen LogP contribution in [0.5, 0.6) is 0 Å². The molecule has 2 aromatic heterocycles. The van der Waals surface area contributed by atoms with Crippen LogP contribution in [0.2, 0.25) is 0 Å². The zero-order valence-electron chi connectivity index (χ0n) is 12.0. The van der Waals surface area contributed by atoms with E-state index in [1.807, 2.05) is 13.2 Å². The second-order valence-electron chi connectivity index (χ2n) is 5.17. The first-order valence-electron chi connectivity index (χ1n) is 6.84. The normalized spacial score (nSPS) is 15.9. The number of imidazole rings is 1. The minimum atomic E-state index is 0.442. The Labute approximate surface area is 118 Å². The van der Waals surface area contributed by atoms with Crippen molar-refractivity contribution in [3.05, 3.63) is 18.7 Å². The summed E-state index contributed by atoms with van der Waals surface area (Å²) in [7, 11) is 3.84. The average molecular weight is 273 g/mol. The Morgan fingerprint density at radius 2 is 2.15 bits per heavy atom. The van der Waals surface area contributed by atoms with Crippen molar-refractivity contribution in [2.45, 2.75) is 25.8 Å². The van der Waals surface area contributed by atoms with Crippen LogP contribution in [0.1, 0.15) is 19.8 Å². The Hall–Kier alpha value is -2.18. The molecule has 1 atom stereocenters. The van der Waals surface area contributed by atoms with E-state index in [-0.39, 0.29) is 0 Å². The Kier molecular flexibility index (Phi) is 3.25. The van der Waals surface area contributed by atoms with Gasteiger partial charge in [0.25, 0.3) is 0 Å². The van der Waals surface area contributed by atoms with Gasteiger partial charge in [-0.25, -0.2) is 4.98 Å². The van der Waals surface area contributed by atoms with Crippen LogP contribution in [0.25, 0.3) is 5.95 Å². The van der Waals surface area contributed by atoms with Crippen LogP contribution in [-0.2, 0) is 0 Å². The van der Waals surface area contributed by atoms with Crippen molar-refractivity contribution in [1.82, 2.24) is 24.5 Å². The van der Waals surface area contributed by atoms with E-state index in [0.29, 0.717) is 23.9 Å². The number of nitrogens with one attached hydrogen (secondary N) is 1. The molecule has 20 heavy (non-hydrogen) atoms. The monoisotopic (exact) mass is 273 g/mol. The van der Waals surface area contributed by atoms with Crippen molar-refractivity contribution in [3.8, 4) is 5.95 Å². The quantitative estimate of drug-likeness (QED) is 0.886. The van der Waals surface area contributed by atoms with Crippen LogP contribution in [-0.4, -0.2) is 44.6 Å². The first-order valence-corrected chi connectivity index (χ1v) is 6.84. The molecule has 3 rings (SSSR count). The SMILES string of the molecule is CNc1nc(N(C)C(C)C2CC2)nc(-n2ccnc2)n1. The van der Waals surface area contributed by atoms with Gasteiger partial charge in [0.05, 0.1) is 0 Å². The minimum absolute atomic E-state index is 0.442. The number of anilines is 2. The van der Waals surface area contributed by atoms with Gasteiger partial charge in [-0.1, -0.05) is 0 Å². The zero-order chi connectivity index (χ0) is 14.1. The van der Waals surface area contributed by atoms with Gasteiger partial charge in [-0.15, -0.1) is 0 Å². The predicted molar refractivity (Wildman–Crippen MR) is 77.1 cm³/mol. The van der Waals surface area contributed by atoms with Crippen molar-refractivity contribution in [1.29, 1.82) is 0 Å². The molecule has 0 amide bonds. The van der Waals surface area contributed by atoms with E-state index in [1.165, 1.54) is 12.8 Å². The van der Waals surface area contributed by atoms with Gasteiger partial charge in [0.1, 0.15) is 6.33 Å². The van der Waals surface area contributed by atoms with Crippen molar-refractivity contribution < 1.29 is 0 Å². The molecule has 0 radical (unpaired) electrons. The highest BCUT2D eigenvalue weighted by atomic mass is 15.3. The van der Waals surface area contributed by atoms with E-state index in [2.05, 4.69) is 37.1 Å². The molecule has 2 heterocycles. The fourth-order valence-corrected chi connectivity index (χ4v) is 2.19. The van der Waals surface area contributed by atoms with E-state index in [9.17, 15) is 0 Å². The summed E-state index contributed by atoms with van der Waals surface area (Å²) < 4.78 is 1.78. The second-order valence-corrected chi connectivity index (χ2v) is 5.17. The van der Waals surface area contributed by atoms with Crippen LogP contribution in [0.15, 0.2) is 18.7 Å². The molecule has 1 unspecified atom stereocenters. The molecule has 1 aliphatic carbocycles. The van der Waals surface area contributed by atoms with Gasteiger partial charge >= 0.3 is 0 Å². The summed E-state index contributed by atoms with van der Waals surface area (Å²) in [6, 6.07) is 0.442. The Morgan fingerprint density at radius 3 is 2.75 bits per heavy atom. The van der Waals surface area contributed by atoms with Crippen LogP contribution in [0.4, 0.5) is 11.9 Å². The van der Waals surface area contributed by atoms with Gasteiger partial charge in [0.2, 0.25) is 17.8 Å². The fourth-order valence-electron chi connectivity index (χ4n) is 2.19. The molecular formula is C13H19N7. The first-order chi connectivity index (χ1) is 9.69. The lowest BCUT2D eigenvalue weighted by Gasteiger charge is -2.25. The molecule has 1 saturated carbocycles. The van der Waals surface area contributed by atoms with Gasteiger partial charge < -0.3 is 10.2 Å². The smallest absolute Gasteiger partial charge is 0.241 e. The second kappa shape index (κ2) is 5.07. The molecule has 0 aromatic carbocycles. The molecule has 1 N–H and O–H groups in total. The number of hydrogen-bond donors (Lipinski definition) is 1. The molecule has 1 aliphatic rings. The molecule has 0 bridgehead atoms. The third kappa shape index (κ3) is 2.43. The van der Waals surface area contributed by atoms with Crippen LogP contribution < -0.4 is 10.2 Å². The Bertz CT molecular complexity index is 576. The molecular weight excluding hydrogens is 254 g/mol. The molecule has 7 nitrogen and oxygen atoms in total. The van der Waals surface area contributed by atoms with Crippen molar-refractivity contribution in [3.63, 3.8) is 0 Å². The summed E-state index contributed by atoms with van der Waals surface area (Å²) in [6.45, 7) is 2.22. The summed E-state index contributed by atoms with van der Waals surface area (Å²) >= 11 is 0. The lowest BCUT2D eigenvalue weighted by Crippen LogP contribution is -2.32. The maximum absolute atomic E-state index is 4.54. The number of nitrogens with zero attached hydrogens (tertiary/aromatic N) is 6. The standard InChI is InChI=1S/C13H19N7/c1-9(10-4-5-10)19(3)12-16-11(14-2)17-13(18-12)20-7-6-15-8-20/h6-10H,4-5H2,1-3H3,(H,14,16,17,18). The van der Waals surface area contributed by atoms with Gasteiger partial charge in [0.15, 0.2) is 0 Å². The van der Waals surface area contributed by atoms with E-state index in [0.717, 1.165) is 5.92 Å². The molecule has 7 heteroatoms. The van der Waals surface area contributed by atoms with Crippen LogP contribution >= 0.6 is 0 Å². The third-order valence-electron chi connectivity index (χ3n) is 3.80. The largest absolute Gasteiger partial charge is 0.357 e. The number of aromatic nitrogens is 5. The lowest BCUT2D eigenvalue weighted by atomic mass is 10.2. The third-order valence-corrected chi connectivity index (χ3v) is 3.80. The predicted octanol–water partition coefficient (Wildman–Crippen LogP) is 1.33. The van der Waals surface area contributed by atoms with Gasteiger partial charge in [-0.3, -0.25) is 4.57 Å². The fraction of sp³-hybridized carbons (Fsp3) is 0.538. The van der Waals surface area contributed by atoms with Crippen molar-refractivity contribution in [2.24, 2.45) is 5.92 Å². The number of hydrogen-bond acceptors (Lipinski definition) is 6. The Balaban J connectivity index is 1.95. The molecule has 0 spiro atoms. The van der Waals surface area contributed by atoms with Crippen LogP contribution in [0.3, 0.4) is 0 Å². The van der Waals surface area contributed by atoms with Gasteiger partial charge in [0, 0.05) is 32.5 Å². The topological polar surface area (TPSA) is 71.8 Å². The lowest BCUT2D eigenvalue weighted by molar-refractivity contribution is 0.595. The van der Waals surface area contributed by atoms with E-state index < -0.39 is 0 Å². The molecule has 2 aromatic rings. The Morgan fingerprint density at radius 1 is 1.35 bits per heavy atom. The maximum atomic E-state index is 4.54. The summed E-state index contributed by atoms with van der Waals surface area (Å²) in [5.74, 6) is 2.58. The summed E-state index contributed by atoms with van der Waals surface area (Å²) in [5.41, 5.74) is 0.